The average Bonchev–Trinajstić information content (AvgIpc) is 2.59. The molecule has 25 heavy (non-hydrogen) atoms. The lowest BCUT2D eigenvalue weighted by atomic mass is 10.00. The summed E-state index contributed by atoms with van der Waals surface area (Å²) in [5.41, 5.74) is 6.25. The first-order valence-corrected chi connectivity index (χ1v) is 8.46. The largest absolute Gasteiger partial charge is 0.354 e. The standard InChI is InChI=1S/C17H24N4O4/c1-12-8-13(10-15(9-12)21(24)25)17(23)20-7-3-2-4-14(20)11-19-16(22)5-6-18/h8-10,14H,2-7,11,18H2,1H3,(H,19,22). The lowest BCUT2D eigenvalue weighted by Crippen LogP contribution is -2.49. The van der Waals surface area contributed by atoms with Gasteiger partial charge in [0, 0.05) is 49.8 Å². The highest BCUT2D eigenvalue weighted by Crippen LogP contribution is 2.23. The second kappa shape index (κ2) is 8.57. The SMILES string of the molecule is Cc1cc(C(=O)N2CCCCC2CNC(=O)CCN)cc([N+](=O)[O-])c1. The van der Waals surface area contributed by atoms with E-state index in [0.717, 1.165) is 19.3 Å². The van der Waals surface area contributed by atoms with Crippen LogP contribution in [0, 0.1) is 17.0 Å². The molecule has 0 radical (unpaired) electrons. The number of likely N-dealkylation sites (tertiary alicyclic amines) is 1. The van der Waals surface area contributed by atoms with E-state index in [4.69, 9.17) is 5.73 Å². The normalized spacial score (nSPS) is 17.2. The molecule has 0 bridgehead atoms. The molecule has 136 valence electrons. The molecule has 0 aliphatic carbocycles. The number of nitro benzene ring substituents is 1. The van der Waals surface area contributed by atoms with Gasteiger partial charge in [-0.25, -0.2) is 0 Å². The van der Waals surface area contributed by atoms with Crippen LogP contribution in [0.25, 0.3) is 0 Å². The number of aryl methyl sites for hydroxylation is 1. The van der Waals surface area contributed by atoms with Crippen LogP contribution in [0.2, 0.25) is 0 Å². The van der Waals surface area contributed by atoms with Gasteiger partial charge in [0.2, 0.25) is 5.91 Å². The van der Waals surface area contributed by atoms with Gasteiger partial charge in [0.15, 0.2) is 0 Å². The molecule has 2 rings (SSSR count). The summed E-state index contributed by atoms with van der Waals surface area (Å²) in [5.74, 6) is -0.365. The van der Waals surface area contributed by atoms with Gasteiger partial charge in [-0.1, -0.05) is 0 Å². The van der Waals surface area contributed by atoms with Crippen LogP contribution in [-0.2, 0) is 4.79 Å². The van der Waals surface area contributed by atoms with Crippen molar-refractivity contribution < 1.29 is 14.5 Å². The minimum absolute atomic E-state index is 0.0897. The number of amides is 2. The summed E-state index contributed by atoms with van der Waals surface area (Å²) >= 11 is 0. The molecule has 0 spiro atoms. The number of piperidine rings is 1. The smallest absolute Gasteiger partial charge is 0.270 e. The minimum atomic E-state index is -0.496. The predicted molar refractivity (Wildman–Crippen MR) is 93.2 cm³/mol. The summed E-state index contributed by atoms with van der Waals surface area (Å²) in [6.45, 7) is 2.97. The van der Waals surface area contributed by atoms with Crippen molar-refractivity contribution in [1.82, 2.24) is 10.2 Å². The zero-order valence-electron chi connectivity index (χ0n) is 14.4. The lowest BCUT2D eigenvalue weighted by molar-refractivity contribution is -0.384. The van der Waals surface area contributed by atoms with E-state index in [1.807, 2.05) is 0 Å². The van der Waals surface area contributed by atoms with Crippen LogP contribution in [-0.4, -0.2) is 47.3 Å². The summed E-state index contributed by atoms with van der Waals surface area (Å²) in [6, 6.07) is 4.31. The van der Waals surface area contributed by atoms with E-state index < -0.39 is 4.92 Å². The molecule has 8 heteroatoms. The Morgan fingerprint density at radius 3 is 2.80 bits per heavy atom. The molecule has 0 aromatic heterocycles. The van der Waals surface area contributed by atoms with Crippen molar-refractivity contribution >= 4 is 17.5 Å². The Hall–Kier alpha value is -2.48. The van der Waals surface area contributed by atoms with Gasteiger partial charge < -0.3 is 16.0 Å². The van der Waals surface area contributed by atoms with Crippen LogP contribution in [0.3, 0.4) is 0 Å². The fourth-order valence-electron chi connectivity index (χ4n) is 3.09. The highest BCUT2D eigenvalue weighted by Gasteiger charge is 2.28. The number of carbonyl (C=O) groups excluding carboxylic acids is 2. The minimum Gasteiger partial charge on any atom is -0.354 e. The Morgan fingerprint density at radius 2 is 2.12 bits per heavy atom. The number of non-ortho nitro benzene ring substituents is 1. The lowest BCUT2D eigenvalue weighted by Gasteiger charge is -2.36. The van der Waals surface area contributed by atoms with Crippen molar-refractivity contribution in [3.8, 4) is 0 Å². The summed E-state index contributed by atoms with van der Waals surface area (Å²) in [4.78, 5) is 36.8. The van der Waals surface area contributed by atoms with Crippen molar-refractivity contribution in [2.75, 3.05) is 19.6 Å². The fraction of sp³-hybridized carbons (Fsp3) is 0.529. The molecule has 1 aromatic rings. The molecule has 1 unspecified atom stereocenters. The van der Waals surface area contributed by atoms with Gasteiger partial charge in [-0.2, -0.15) is 0 Å². The van der Waals surface area contributed by atoms with Crippen molar-refractivity contribution in [2.24, 2.45) is 5.73 Å². The molecule has 3 N–H and O–H groups in total. The van der Waals surface area contributed by atoms with Crippen molar-refractivity contribution in [2.45, 2.75) is 38.6 Å². The van der Waals surface area contributed by atoms with Crippen LogP contribution in [0.5, 0.6) is 0 Å². The third-order valence-corrected chi connectivity index (χ3v) is 4.31. The zero-order valence-corrected chi connectivity index (χ0v) is 14.4. The summed E-state index contributed by atoms with van der Waals surface area (Å²) in [5, 5.41) is 13.8. The van der Waals surface area contributed by atoms with Gasteiger partial charge in [-0.15, -0.1) is 0 Å². The highest BCUT2D eigenvalue weighted by molar-refractivity contribution is 5.95. The Bertz CT molecular complexity index is 662. The number of nitrogens with zero attached hydrogens (tertiary/aromatic N) is 2. The van der Waals surface area contributed by atoms with Crippen molar-refractivity contribution in [1.29, 1.82) is 0 Å². The van der Waals surface area contributed by atoms with Crippen LogP contribution in [0.1, 0.15) is 41.6 Å². The Balaban J connectivity index is 2.14. The van der Waals surface area contributed by atoms with Gasteiger partial charge >= 0.3 is 0 Å². The Kier molecular flexibility index (Phi) is 6.46. The van der Waals surface area contributed by atoms with Crippen LogP contribution >= 0.6 is 0 Å². The maximum absolute atomic E-state index is 12.9. The molecule has 1 fully saturated rings. The molecule has 1 heterocycles. The van der Waals surface area contributed by atoms with E-state index in [-0.39, 0.29) is 36.5 Å². The summed E-state index contributed by atoms with van der Waals surface area (Å²) in [6.07, 6.45) is 2.91. The topological polar surface area (TPSA) is 119 Å². The second-order valence-corrected chi connectivity index (χ2v) is 6.31. The van der Waals surface area contributed by atoms with Gasteiger partial charge in [0.05, 0.1) is 4.92 Å². The monoisotopic (exact) mass is 348 g/mol. The van der Waals surface area contributed by atoms with Gasteiger partial charge in [0.25, 0.3) is 11.6 Å². The first-order valence-electron chi connectivity index (χ1n) is 8.46. The van der Waals surface area contributed by atoms with Crippen molar-refractivity contribution in [3.05, 3.63) is 39.4 Å². The molecule has 0 saturated carbocycles. The molecule has 1 aromatic carbocycles. The zero-order chi connectivity index (χ0) is 18.4. The number of hydrogen-bond donors (Lipinski definition) is 2. The van der Waals surface area contributed by atoms with Crippen LogP contribution in [0.4, 0.5) is 5.69 Å². The van der Waals surface area contributed by atoms with E-state index in [2.05, 4.69) is 5.32 Å². The molecular formula is C17H24N4O4. The third-order valence-electron chi connectivity index (χ3n) is 4.31. The number of rotatable bonds is 6. The van der Waals surface area contributed by atoms with Crippen LogP contribution < -0.4 is 11.1 Å². The molecule has 1 saturated heterocycles. The number of hydrogen-bond acceptors (Lipinski definition) is 5. The summed E-state index contributed by atoms with van der Waals surface area (Å²) < 4.78 is 0. The fourth-order valence-corrected chi connectivity index (χ4v) is 3.09. The number of benzene rings is 1. The van der Waals surface area contributed by atoms with E-state index in [0.29, 0.717) is 24.2 Å². The maximum Gasteiger partial charge on any atom is 0.270 e. The number of nitrogens with two attached hydrogens (primary N) is 1. The van der Waals surface area contributed by atoms with E-state index in [1.165, 1.54) is 12.1 Å². The number of nitrogens with one attached hydrogen (secondary N) is 1. The number of carbonyl (C=O) groups is 2. The van der Waals surface area contributed by atoms with E-state index in [1.54, 1.807) is 17.9 Å². The second-order valence-electron chi connectivity index (χ2n) is 6.31. The molecule has 8 nitrogen and oxygen atoms in total. The predicted octanol–water partition coefficient (Wildman–Crippen LogP) is 1.36. The first kappa shape index (κ1) is 18.9. The average molecular weight is 348 g/mol. The van der Waals surface area contributed by atoms with Crippen molar-refractivity contribution in [3.63, 3.8) is 0 Å². The van der Waals surface area contributed by atoms with Gasteiger partial charge in [0.1, 0.15) is 0 Å². The first-order chi connectivity index (χ1) is 11.9. The van der Waals surface area contributed by atoms with Gasteiger partial charge in [-0.3, -0.25) is 19.7 Å². The Morgan fingerprint density at radius 1 is 1.36 bits per heavy atom. The quantitative estimate of drug-likeness (QED) is 0.594. The highest BCUT2D eigenvalue weighted by atomic mass is 16.6. The molecule has 1 aliphatic heterocycles. The maximum atomic E-state index is 12.9. The van der Waals surface area contributed by atoms with Crippen LogP contribution in [0.15, 0.2) is 18.2 Å². The molecule has 1 atom stereocenters. The van der Waals surface area contributed by atoms with E-state index in [9.17, 15) is 19.7 Å². The number of nitro groups is 1. The molecule has 2 amide bonds. The summed E-state index contributed by atoms with van der Waals surface area (Å²) in [7, 11) is 0. The molecule has 1 aliphatic rings. The third kappa shape index (κ3) is 4.99. The molecular weight excluding hydrogens is 324 g/mol. The van der Waals surface area contributed by atoms with E-state index >= 15 is 0 Å². The van der Waals surface area contributed by atoms with Gasteiger partial charge in [-0.05, 0) is 37.8 Å². The Labute approximate surface area is 146 Å².